The first-order valence-electron chi connectivity index (χ1n) is 7.91. The van der Waals surface area contributed by atoms with Crippen molar-refractivity contribution < 1.29 is 9.59 Å². The number of nitrogens with zero attached hydrogens (tertiary/aromatic N) is 1. The van der Waals surface area contributed by atoms with Gasteiger partial charge < -0.3 is 10.6 Å². The molecule has 0 radical (unpaired) electrons. The fraction of sp³-hybridized carbons (Fsp3) is 0.471. The summed E-state index contributed by atoms with van der Waals surface area (Å²) in [5.74, 6) is -0.153. The van der Waals surface area contributed by atoms with Crippen LogP contribution in [0.25, 0.3) is 0 Å². The summed E-state index contributed by atoms with van der Waals surface area (Å²) in [5.41, 5.74) is 1.81. The Bertz CT molecular complexity index is 518. The molecule has 2 rings (SSSR count). The van der Waals surface area contributed by atoms with E-state index in [1.54, 1.807) is 24.4 Å². The number of carbonyl (C=O) groups excluding carboxylic acids is 2. The number of aromatic nitrogens is 1. The van der Waals surface area contributed by atoms with Crippen LogP contribution in [-0.2, 0) is 4.79 Å². The van der Waals surface area contributed by atoms with Crippen LogP contribution in [0.1, 0.15) is 48.9 Å². The molecule has 0 aliphatic heterocycles. The molecule has 0 atom stereocenters. The van der Waals surface area contributed by atoms with Crippen LogP contribution >= 0.6 is 0 Å². The third-order valence-electron chi connectivity index (χ3n) is 3.69. The quantitative estimate of drug-likeness (QED) is 0.625. The summed E-state index contributed by atoms with van der Waals surface area (Å²) in [7, 11) is 0. The third-order valence-corrected chi connectivity index (χ3v) is 3.69. The second kappa shape index (κ2) is 8.97. The largest absolute Gasteiger partial charge is 0.352 e. The molecule has 1 fully saturated rings. The molecule has 5 nitrogen and oxygen atoms in total. The number of nitrogens with one attached hydrogen (secondary N) is 2. The highest BCUT2D eigenvalue weighted by molar-refractivity contribution is 5.93. The highest BCUT2D eigenvalue weighted by Crippen LogP contribution is 2.22. The van der Waals surface area contributed by atoms with Crippen molar-refractivity contribution in [2.24, 2.45) is 0 Å². The maximum atomic E-state index is 11.8. The summed E-state index contributed by atoms with van der Waals surface area (Å²) < 4.78 is 0. The second-order valence-corrected chi connectivity index (χ2v) is 5.51. The zero-order chi connectivity index (χ0) is 15.6. The van der Waals surface area contributed by atoms with Gasteiger partial charge in [0.2, 0.25) is 5.91 Å². The van der Waals surface area contributed by atoms with Crippen LogP contribution < -0.4 is 10.6 Å². The highest BCUT2D eigenvalue weighted by Gasteiger charge is 2.07. The number of pyridine rings is 1. The molecule has 1 aromatic rings. The van der Waals surface area contributed by atoms with E-state index in [2.05, 4.69) is 15.6 Å². The van der Waals surface area contributed by atoms with Crippen LogP contribution in [0.15, 0.2) is 36.2 Å². The summed E-state index contributed by atoms with van der Waals surface area (Å²) in [6.07, 6.45) is 11.4. The van der Waals surface area contributed by atoms with E-state index >= 15 is 0 Å². The average molecular weight is 301 g/mol. The number of hydrogen-bond acceptors (Lipinski definition) is 3. The third kappa shape index (κ3) is 5.68. The number of carbonyl (C=O) groups is 2. The Hall–Kier alpha value is -2.17. The molecule has 1 aromatic heterocycles. The van der Waals surface area contributed by atoms with Crippen molar-refractivity contribution in [3.63, 3.8) is 0 Å². The second-order valence-electron chi connectivity index (χ2n) is 5.51. The first kappa shape index (κ1) is 16.2. The Labute approximate surface area is 131 Å². The molecular formula is C17H23N3O2. The van der Waals surface area contributed by atoms with E-state index in [1.165, 1.54) is 31.0 Å². The molecule has 2 N–H and O–H groups in total. The van der Waals surface area contributed by atoms with Crippen LogP contribution in [0.4, 0.5) is 0 Å². The molecular weight excluding hydrogens is 278 g/mol. The topological polar surface area (TPSA) is 71.1 Å². The van der Waals surface area contributed by atoms with E-state index in [1.807, 2.05) is 0 Å². The molecule has 1 heterocycles. The zero-order valence-electron chi connectivity index (χ0n) is 12.8. The molecule has 0 saturated heterocycles. The fourth-order valence-electron chi connectivity index (χ4n) is 2.49. The lowest BCUT2D eigenvalue weighted by atomic mass is 9.95. The van der Waals surface area contributed by atoms with Gasteiger partial charge in [-0.15, -0.1) is 0 Å². The Morgan fingerprint density at radius 1 is 1.14 bits per heavy atom. The predicted octanol–water partition coefficient (Wildman–Crippen LogP) is 2.21. The normalized spacial score (nSPS) is 14.3. The van der Waals surface area contributed by atoms with E-state index in [4.69, 9.17) is 0 Å². The zero-order valence-corrected chi connectivity index (χ0v) is 12.8. The molecule has 1 aliphatic rings. The van der Waals surface area contributed by atoms with Gasteiger partial charge in [-0.3, -0.25) is 14.6 Å². The molecule has 1 saturated carbocycles. The van der Waals surface area contributed by atoms with Gasteiger partial charge >= 0.3 is 0 Å². The van der Waals surface area contributed by atoms with Gasteiger partial charge in [-0.05, 0) is 44.2 Å². The Kier molecular flexibility index (Phi) is 6.61. The van der Waals surface area contributed by atoms with E-state index in [9.17, 15) is 9.59 Å². The number of hydrogen-bond donors (Lipinski definition) is 2. The van der Waals surface area contributed by atoms with Crippen LogP contribution in [0.3, 0.4) is 0 Å². The minimum atomic E-state index is -0.135. The molecule has 118 valence electrons. The van der Waals surface area contributed by atoms with Crippen molar-refractivity contribution in [2.75, 3.05) is 13.1 Å². The minimum Gasteiger partial charge on any atom is -0.352 e. The molecule has 0 spiro atoms. The lowest BCUT2D eigenvalue weighted by Crippen LogP contribution is -2.29. The lowest BCUT2D eigenvalue weighted by Gasteiger charge is -2.13. The molecule has 0 aromatic carbocycles. The van der Waals surface area contributed by atoms with Gasteiger partial charge in [0.15, 0.2) is 0 Å². The van der Waals surface area contributed by atoms with Crippen molar-refractivity contribution in [1.82, 2.24) is 15.6 Å². The molecule has 0 unspecified atom stereocenters. The molecule has 22 heavy (non-hydrogen) atoms. The van der Waals surface area contributed by atoms with Gasteiger partial charge in [0, 0.05) is 31.6 Å². The Balaban J connectivity index is 1.59. The van der Waals surface area contributed by atoms with Crippen LogP contribution in [0.5, 0.6) is 0 Å². The van der Waals surface area contributed by atoms with Gasteiger partial charge in [-0.1, -0.05) is 12.0 Å². The monoisotopic (exact) mass is 301 g/mol. The van der Waals surface area contributed by atoms with Gasteiger partial charge in [-0.25, -0.2) is 0 Å². The molecule has 1 aliphatic carbocycles. The predicted molar refractivity (Wildman–Crippen MR) is 85.4 cm³/mol. The van der Waals surface area contributed by atoms with Crippen LogP contribution in [0, 0.1) is 0 Å². The summed E-state index contributed by atoms with van der Waals surface area (Å²) in [6, 6.07) is 3.45. The summed E-state index contributed by atoms with van der Waals surface area (Å²) >= 11 is 0. The number of amides is 2. The highest BCUT2D eigenvalue weighted by atomic mass is 16.2. The molecule has 0 bridgehead atoms. The molecule has 5 heteroatoms. The maximum Gasteiger partial charge on any atom is 0.252 e. The summed E-state index contributed by atoms with van der Waals surface area (Å²) in [5, 5.41) is 5.67. The number of allylic oxidation sites excluding steroid dienone is 1. The SMILES string of the molecule is O=C(C=C1CCCCC1)NCCCNC(=O)c1cccnc1. The first-order chi connectivity index (χ1) is 10.8. The van der Waals surface area contributed by atoms with Gasteiger partial charge in [0.1, 0.15) is 0 Å². The first-order valence-corrected chi connectivity index (χ1v) is 7.91. The van der Waals surface area contributed by atoms with Crippen molar-refractivity contribution in [1.29, 1.82) is 0 Å². The van der Waals surface area contributed by atoms with Crippen molar-refractivity contribution in [3.05, 3.63) is 41.7 Å². The Morgan fingerprint density at radius 3 is 2.64 bits per heavy atom. The van der Waals surface area contributed by atoms with Gasteiger partial charge in [-0.2, -0.15) is 0 Å². The van der Waals surface area contributed by atoms with Crippen LogP contribution in [0.2, 0.25) is 0 Å². The van der Waals surface area contributed by atoms with Gasteiger partial charge in [0.05, 0.1) is 5.56 Å². The average Bonchev–Trinajstić information content (AvgIpc) is 2.56. The fourth-order valence-corrected chi connectivity index (χ4v) is 2.49. The summed E-state index contributed by atoms with van der Waals surface area (Å²) in [6.45, 7) is 1.10. The van der Waals surface area contributed by atoms with Gasteiger partial charge in [0.25, 0.3) is 5.91 Å². The Morgan fingerprint density at radius 2 is 1.91 bits per heavy atom. The summed E-state index contributed by atoms with van der Waals surface area (Å²) in [4.78, 5) is 27.4. The molecule has 2 amide bonds. The lowest BCUT2D eigenvalue weighted by molar-refractivity contribution is -0.116. The minimum absolute atomic E-state index is 0.0181. The van der Waals surface area contributed by atoms with Crippen molar-refractivity contribution in [2.45, 2.75) is 38.5 Å². The van der Waals surface area contributed by atoms with E-state index < -0.39 is 0 Å². The van der Waals surface area contributed by atoms with Crippen LogP contribution in [-0.4, -0.2) is 29.9 Å². The van der Waals surface area contributed by atoms with E-state index in [-0.39, 0.29) is 11.8 Å². The number of rotatable bonds is 6. The van der Waals surface area contributed by atoms with Crippen molar-refractivity contribution in [3.8, 4) is 0 Å². The van der Waals surface area contributed by atoms with E-state index in [0.29, 0.717) is 25.1 Å². The standard InChI is InChI=1S/C17H23N3O2/c21-16(12-14-6-2-1-3-7-14)19-10-5-11-20-17(22)15-8-4-9-18-13-15/h4,8-9,12-13H,1-3,5-7,10-11H2,(H,19,21)(H,20,22). The smallest absolute Gasteiger partial charge is 0.252 e. The maximum absolute atomic E-state index is 11.8. The van der Waals surface area contributed by atoms with E-state index in [0.717, 1.165) is 12.8 Å². The van der Waals surface area contributed by atoms with Crippen molar-refractivity contribution >= 4 is 11.8 Å².